The third-order valence-corrected chi connectivity index (χ3v) is 9.57. The molecule has 2 heterocycles. The maximum atomic E-state index is 14.0. The van der Waals surface area contributed by atoms with E-state index in [1.54, 1.807) is 0 Å². The number of rotatable bonds is 2. The average Bonchev–Trinajstić information content (AvgIpc) is 3.17. The molecule has 1 aliphatic carbocycles. The van der Waals surface area contributed by atoms with Crippen molar-refractivity contribution < 1.29 is 0 Å². The Bertz CT molecular complexity index is 2420. The summed E-state index contributed by atoms with van der Waals surface area (Å²) in [6.45, 7) is 0. The van der Waals surface area contributed by atoms with Crippen molar-refractivity contribution in [2.24, 2.45) is 0 Å². The molecule has 0 saturated carbocycles. The zero-order chi connectivity index (χ0) is 30.6. The van der Waals surface area contributed by atoms with Gasteiger partial charge in [-0.1, -0.05) is 121 Å². The second kappa shape index (κ2) is 10.6. The molecule has 46 heavy (non-hydrogen) atoms. The fourth-order valence-electron chi connectivity index (χ4n) is 7.55. The average molecular weight is 591 g/mol. The van der Waals surface area contributed by atoms with Crippen LogP contribution in [0.2, 0.25) is 0 Å². The molecule has 0 bridgehead atoms. The van der Waals surface area contributed by atoms with Crippen molar-refractivity contribution >= 4 is 38.7 Å². The van der Waals surface area contributed by atoms with Crippen LogP contribution in [0.1, 0.15) is 23.0 Å². The molecule has 6 aromatic carbocycles. The third kappa shape index (κ3) is 4.02. The molecule has 2 atom stereocenters. The molecule has 3 heteroatoms. The monoisotopic (exact) mass is 590 g/mol. The van der Waals surface area contributed by atoms with E-state index in [9.17, 15) is 4.79 Å². The Labute approximate surface area is 267 Å². The lowest BCUT2D eigenvalue weighted by molar-refractivity contribution is 0.732. The normalized spacial score (nSPS) is 16.6. The van der Waals surface area contributed by atoms with E-state index < -0.39 is 0 Å². The number of aromatic nitrogens is 1. The van der Waals surface area contributed by atoms with Gasteiger partial charge in [-0.2, -0.15) is 0 Å². The zero-order valence-corrected chi connectivity index (χ0v) is 25.1. The van der Waals surface area contributed by atoms with Crippen molar-refractivity contribution in [1.29, 1.82) is 0 Å². The van der Waals surface area contributed by atoms with Crippen LogP contribution >= 0.6 is 0 Å². The highest BCUT2D eigenvalue weighted by atomic mass is 16.1. The predicted molar refractivity (Wildman–Crippen MR) is 191 cm³/mol. The maximum absolute atomic E-state index is 14.0. The summed E-state index contributed by atoms with van der Waals surface area (Å²) in [4.78, 5) is 16.4. The van der Waals surface area contributed by atoms with Crippen molar-refractivity contribution in [1.82, 2.24) is 4.57 Å². The van der Waals surface area contributed by atoms with Crippen LogP contribution in [-0.4, -0.2) is 4.57 Å². The van der Waals surface area contributed by atoms with Crippen LogP contribution in [-0.2, 0) is 0 Å². The standard InChI is InChI=1S/C43H30N2O/c46-43-38-23-9-8-20-35(38)39-28-30(26-27-42(39)45(43)29-14-2-1-3-15-29)44-40-24-12-10-21-36(40)33-18-6-4-16-31(33)32-17-5-7-19-34(32)37-22-11-13-25-41(37)44/h1-28,31,33H. The van der Waals surface area contributed by atoms with Gasteiger partial charge in [-0.3, -0.25) is 9.36 Å². The molecule has 1 aromatic heterocycles. The van der Waals surface area contributed by atoms with Gasteiger partial charge in [0.25, 0.3) is 5.56 Å². The van der Waals surface area contributed by atoms with Crippen LogP contribution < -0.4 is 10.5 Å². The molecule has 2 aliphatic rings. The summed E-state index contributed by atoms with van der Waals surface area (Å²) in [5.74, 6) is 0.375. The number of allylic oxidation sites excluding steroid dienone is 4. The smallest absolute Gasteiger partial charge is 0.263 e. The molecule has 0 amide bonds. The second-order valence-electron chi connectivity index (χ2n) is 12.0. The molecule has 0 spiro atoms. The quantitative estimate of drug-likeness (QED) is 0.187. The number of anilines is 3. The molecule has 1 aliphatic heterocycles. The van der Waals surface area contributed by atoms with E-state index in [-0.39, 0.29) is 17.4 Å². The van der Waals surface area contributed by atoms with Crippen LogP contribution in [0.25, 0.3) is 38.5 Å². The van der Waals surface area contributed by atoms with E-state index in [1.165, 1.54) is 22.3 Å². The summed E-state index contributed by atoms with van der Waals surface area (Å²) in [6, 6.07) is 50.9. The molecule has 7 aromatic rings. The van der Waals surface area contributed by atoms with E-state index in [4.69, 9.17) is 0 Å². The number of hydrogen-bond acceptors (Lipinski definition) is 2. The minimum absolute atomic E-state index is 0.0136. The Morgan fingerprint density at radius 3 is 1.87 bits per heavy atom. The highest BCUT2D eigenvalue weighted by Gasteiger charge is 2.31. The molecule has 3 nitrogen and oxygen atoms in total. The Hall–Kier alpha value is -5.93. The van der Waals surface area contributed by atoms with Gasteiger partial charge in [-0.25, -0.2) is 0 Å². The Morgan fingerprint density at radius 1 is 0.457 bits per heavy atom. The first-order chi connectivity index (χ1) is 22.8. The maximum Gasteiger partial charge on any atom is 0.263 e. The van der Waals surface area contributed by atoms with E-state index in [0.717, 1.165) is 39.0 Å². The van der Waals surface area contributed by atoms with Gasteiger partial charge in [-0.15, -0.1) is 0 Å². The van der Waals surface area contributed by atoms with Crippen molar-refractivity contribution in [2.45, 2.75) is 11.8 Å². The lowest BCUT2D eigenvalue weighted by atomic mass is 9.76. The molecule has 0 radical (unpaired) electrons. The summed E-state index contributed by atoms with van der Waals surface area (Å²) < 4.78 is 1.85. The fourth-order valence-corrected chi connectivity index (χ4v) is 7.55. The fraction of sp³-hybridized carbons (Fsp3) is 0.0465. The van der Waals surface area contributed by atoms with E-state index >= 15 is 0 Å². The summed E-state index contributed by atoms with van der Waals surface area (Å²) in [7, 11) is 0. The predicted octanol–water partition coefficient (Wildman–Crippen LogP) is 10.6. The minimum atomic E-state index is -0.0136. The number of pyridine rings is 1. The molecular weight excluding hydrogens is 560 g/mol. The highest BCUT2D eigenvalue weighted by Crippen LogP contribution is 2.51. The third-order valence-electron chi connectivity index (χ3n) is 9.57. The minimum Gasteiger partial charge on any atom is -0.310 e. The van der Waals surface area contributed by atoms with Gasteiger partial charge in [0.2, 0.25) is 0 Å². The molecular formula is C43H30N2O. The Kier molecular flexibility index (Phi) is 6.10. The number of hydrogen-bond donors (Lipinski definition) is 0. The van der Waals surface area contributed by atoms with Gasteiger partial charge < -0.3 is 4.90 Å². The van der Waals surface area contributed by atoms with Gasteiger partial charge in [0.15, 0.2) is 0 Å². The number of benzene rings is 6. The zero-order valence-electron chi connectivity index (χ0n) is 25.1. The van der Waals surface area contributed by atoms with Crippen LogP contribution in [0.5, 0.6) is 0 Å². The van der Waals surface area contributed by atoms with Crippen molar-refractivity contribution in [3.63, 3.8) is 0 Å². The van der Waals surface area contributed by atoms with E-state index in [1.807, 2.05) is 53.1 Å². The summed E-state index contributed by atoms with van der Waals surface area (Å²) >= 11 is 0. The second-order valence-corrected chi connectivity index (χ2v) is 12.0. The van der Waals surface area contributed by atoms with E-state index in [0.29, 0.717) is 5.39 Å². The van der Waals surface area contributed by atoms with Gasteiger partial charge in [0, 0.05) is 45.2 Å². The first-order valence-corrected chi connectivity index (χ1v) is 15.8. The Balaban J connectivity index is 1.39. The summed E-state index contributed by atoms with van der Waals surface area (Å²) in [5.41, 5.74) is 10.1. The van der Waals surface area contributed by atoms with Gasteiger partial charge in [0.05, 0.1) is 11.2 Å². The Morgan fingerprint density at radius 2 is 1.07 bits per heavy atom. The largest absolute Gasteiger partial charge is 0.310 e. The lowest BCUT2D eigenvalue weighted by Gasteiger charge is -2.31. The van der Waals surface area contributed by atoms with Crippen molar-refractivity contribution in [3.05, 3.63) is 191 Å². The first kappa shape index (κ1) is 26.5. The molecule has 2 unspecified atom stereocenters. The topological polar surface area (TPSA) is 25.2 Å². The SMILES string of the molecule is O=c1c2ccccc2c2cc(N3c4ccccc4-c4ccccc4C4C=CC=CC4c4ccccc43)ccc2n1-c1ccccc1. The van der Waals surface area contributed by atoms with Gasteiger partial charge in [-0.05, 0) is 70.6 Å². The number of para-hydroxylation sites is 3. The van der Waals surface area contributed by atoms with E-state index in [2.05, 4.69) is 126 Å². The van der Waals surface area contributed by atoms with Crippen LogP contribution in [0.3, 0.4) is 0 Å². The summed E-state index contributed by atoms with van der Waals surface area (Å²) in [5, 5.41) is 2.69. The molecule has 0 fully saturated rings. The van der Waals surface area contributed by atoms with Crippen LogP contribution in [0.4, 0.5) is 17.1 Å². The highest BCUT2D eigenvalue weighted by molar-refractivity contribution is 6.08. The van der Waals surface area contributed by atoms with Crippen molar-refractivity contribution in [2.75, 3.05) is 4.90 Å². The summed E-state index contributed by atoms with van der Waals surface area (Å²) in [6.07, 6.45) is 9.06. The first-order valence-electron chi connectivity index (χ1n) is 15.8. The number of fused-ring (bicyclic) bond motifs is 10. The van der Waals surface area contributed by atoms with Gasteiger partial charge >= 0.3 is 0 Å². The van der Waals surface area contributed by atoms with Crippen LogP contribution in [0.15, 0.2) is 175 Å². The van der Waals surface area contributed by atoms with Crippen LogP contribution in [0, 0.1) is 0 Å². The molecule has 218 valence electrons. The van der Waals surface area contributed by atoms with Gasteiger partial charge in [0.1, 0.15) is 0 Å². The van der Waals surface area contributed by atoms with Crippen molar-refractivity contribution in [3.8, 4) is 16.8 Å². The number of nitrogens with zero attached hydrogens (tertiary/aromatic N) is 2. The molecule has 9 rings (SSSR count). The molecule has 0 saturated heterocycles. The lowest BCUT2D eigenvalue weighted by Crippen LogP contribution is -2.19. The molecule has 0 N–H and O–H groups in total.